The minimum absolute atomic E-state index is 0.582. The van der Waals surface area contributed by atoms with Crippen molar-refractivity contribution in [3.05, 3.63) is 146 Å². The van der Waals surface area contributed by atoms with Gasteiger partial charge in [0.1, 0.15) is 22.6 Å². The Morgan fingerprint density at radius 3 is 1.94 bits per heavy atom. The molecule has 0 N–H and O–H groups in total. The molecular formula is C42H24NO3PS. The fourth-order valence-corrected chi connectivity index (χ4v) is 12.0. The van der Waals surface area contributed by atoms with Gasteiger partial charge < -0.3 is 18.6 Å². The molecule has 1 unspecified atom stereocenters. The van der Waals surface area contributed by atoms with Gasteiger partial charge in [0.05, 0.1) is 26.3 Å². The SMILES string of the molecule is O=P12c3ccccc3Oc3cc(-c4ccc(-n5c6ccccc6c6ccccc65)cc4)cc(c31)Oc1c2ccc2c1sc1ccccc12. The van der Waals surface area contributed by atoms with Gasteiger partial charge in [0.15, 0.2) is 12.9 Å². The highest BCUT2D eigenvalue weighted by molar-refractivity contribution is 7.86. The topological polar surface area (TPSA) is 40.5 Å². The van der Waals surface area contributed by atoms with Crippen molar-refractivity contribution in [1.82, 2.24) is 4.57 Å². The third-order valence-corrected chi connectivity index (χ3v) is 14.2. The van der Waals surface area contributed by atoms with E-state index in [-0.39, 0.29) is 0 Å². The Balaban J connectivity index is 1.11. The molecule has 11 rings (SSSR count). The molecule has 6 heteroatoms. The van der Waals surface area contributed by atoms with Crippen molar-refractivity contribution in [3.63, 3.8) is 0 Å². The molecule has 1 atom stereocenters. The van der Waals surface area contributed by atoms with Crippen LogP contribution in [0.3, 0.4) is 0 Å². The highest BCUT2D eigenvalue weighted by Gasteiger charge is 2.47. The predicted octanol–water partition coefficient (Wildman–Crippen LogP) is 10.7. The first kappa shape index (κ1) is 26.5. The number of para-hydroxylation sites is 3. The molecule has 9 aromatic rings. The predicted molar refractivity (Wildman–Crippen MR) is 199 cm³/mol. The number of hydrogen-bond donors (Lipinski definition) is 0. The van der Waals surface area contributed by atoms with Crippen LogP contribution in [0.2, 0.25) is 0 Å². The summed E-state index contributed by atoms with van der Waals surface area (Å²) in [5.74, 6) is 2.48. The van der Waals surface area contributed by atoms with Crippen LogP contribution >= 0.6 is 18.5 Å². The molecule has 2 aromatic heterocycles. The molecule has 2 aliphatic heterocycles. The first-order valence-electron chi connectivity index (χ1n) is 15.9. The quantitative estimate of drug-likeness (QED) is 0.174. The summed E-state index contributed by atoms with van der Waals surface area (Å²) in [7, 11) is -3.31. The van der Waals surface area contributed by atoms with Gasteiger partial charge in [0.25, 0.3) is 0 Å². The zero-order valence-corrected chi connectivity index (χ0v) is 27.1. The Hall–Kier alpha value is -5.61. The lowest BCUT2D eigenvalue weighted by molar-refractivity contribution is 0.465. The van der Waals surface area contributed by atoms with Crippen molar-refractivity contribution in [1.29, 1.82) is 0 Å². The normalized spacial score (nSPS) is 16.0. The highest BCUT2D eigenvalue weighted by Crippen LogP contribution is 2.60. The summed E-state index contributed by atoms with van der Waals surface area (Å²) in [4.78, 5) is 0. The number of nitrogens with zero attached hydrogens (tertiary/aromatic N) is 1. The van der Waals surface area contributed by atoms with Gasteiger partial charge in [0, 0.05) is 31.9 Å². The summed E-state index contributed by atoms with van der Waals surface area (Å²) in [6.45, 7) is 0. The average molecular weight is 654 g/mol. The number of ether oxygens (including phenoxy) is 2. The zero-order chi connectivity index (χ0) is 31.6. The Labute approximate surface area is 279 Å². The van der Waals surface area contributed by atoms with Crippen LogP contribution in [0.1, 0.15) is 0 Å². The molecule has 4 nitrogen and oxygen atoms in total. The first-order chi connectivity index (χ1) is 23.7. The number of rotatable bonds is 2. The number of thiophene rings is 1. The van der Waals surface area contributed by atoms with E-state index >= 15 is 4.57 Å². The lowest BCUT2D eigenvalue weighted by Gasteiger charge is -2.35. The fraction of sp³-hybridized carbons (Fsp3) is 0. The summed E-state index contributed by atoms with van der Waals surface area (Å²) in [6.07, 6.45) is 0. The second-order valence-electron chi connectivity index (χ2n) is 12.4. The van der Waals surface area contributed by atoms with E-state index in [2.05, 4.69) is 108 Å². The zero-order valence-electron chi connectivity index (χ0n) is 25.4. The molecule has 0 bridgehead atoms. The third kappa shape index (κ3) is 3.42. The molecule has 7 aromatic carbocycles. The number of hydrogen-bond acceptors (Lipinski definition) is 4. The van der Waals surface area contributed by atoms with Crippen LogP contribution in [0.5, 0.6) is 23.0 Å². The molecule has 226 valence electrons. The molecule has 0 fully saturated rings. The number of benzene rings is 7. The van der Waals surface area contributed by atoms with Crippen molar-refractivity contribution in [2.75, 3.05) is 0 Å². The molecule has 48 heavy (non-hydrogen) atoms. The Kier molecular flexibility index (Phi) is 5.23. The largest absolute Gasteiger partial charge is 0.456 e. The monoisotopic (exact) mass is 653 g/mol. The summed E-state index contributed by atoms with van der Waals surface area (Å²) in [5.41, 5.74) is 5.39. The van der Waals surface area contributed by atoms with Crippen LogP contribution in [-0.2, 0) is 4.57 Å². The van der Waals surface area contributed by atoms with E-state index in [1.807, 2.05) is 42.5 Å². The van der Waals surface area contributed by atoms with E-state index < -0.39 is 7.14 Å². The first-order valence-corrected chi connectivity index (χ1v) is 18.5. The lowest BCUT2D eigenvalue weighted by atomic mass is 10.0. The smallest absolute Gasteiger partial charge is 0.185 e. The van der Waals surface area contributed by atoms with Gasteiger partial charge in [-0.1, -0.05) is 84.9 Å². The van der Waals surface area contributed by atoms with Gasteiger partial charge in [-0.2, -0.15) is 0 Å². The van der Waals surface area contributed by atoms with E-state index in [4.69, 9.17) is 9.47 Å². The lowest BCUT2D eigenvalue weighted by Crippen LogP contribution is -2.35. The maximum Gasteiger partial charge on any atom is 0.185 e. The number of fused-ring (bicyclic) bond motifs is 11. The summed E-state index contributed by atoms with van der Waals surface area (Å²) in [5, 5.41) is 6.85. The molecule has 0 saturated carbocycles. The van der Waals surface area contributed by atoms with Crippen LogP contribution in [0.25, 0.3) is 58.8 Å². The van der Waals surface area contributed by atoms with E-state index in [0.717, 1.165) is 32.2 Å². The van der Waals surface area contributed by atoms with Crippen LogP contribution < -0.4 is 25.4 Å². The Morgan fingerprint density at radius 2 is 1.17 bits per heavy atom. The number of aromatic nitrogens is 1. The van der Waals surface area contributed by atoms with Gasteiger partial charge in [0.2, 0.25) is 0 Å². The highest BCUT2D eigenvalue weighted by atomic mass is 32.1. The summed E-state index contributed by atoms with van der Waals surface area (Å²) in [6, 6.07) is 50.0. The second kappa shape index (κ2) is 9.48. The molecule has 0 amide bonds. The van der Waals surface area contributed by atoms with Crippen molar-refractivity contribution in [2.24, 2.45) is 0 Å². The van der Waals surface area contributed by atoms with Crippen LogP contribution in [0.4, 0.5) is 0 Å². The van der Waals surface area contributed by atoms with Crippen LogP contribution in [-0.4, -0.2) is 4.57 Å². The fourth-order valence-electron chi connectivity index (χ4n) is 7.72. The maximum absolute atomic E-state index is 15.7. The standard InChI is InChI=1S/C42H24NO3PS/c44-47-37-15-7-6-14-34(37)45-35-23-26(24-36(41(35)47)46-40-38(47)22-21-31-30-11-3-8-16-39(30)48-42(31)40)25-17-19-27(20-18-25)43-32-12-4-1-9-28(32)29-10-2-5-13-33(29)43/h1-24H. The molecule has 0 spiro atoms. The molecule has 0 saturated heterocycles. The Bertz CT molecular complexity index is 2830. The maximum atomic E-state index is 15.7. The van der Waals surface area contributed by atoms with Crippen molar-refractivity contribution < 1.29 is 14.0 Å². The van der Waals surface area contributed by atoms with Crippen molar-refractivity contribution in [3.8, 4) is 39.8 Å². The average Bonchev–Trinajstić information content (AvgIpc) is 3.68. The van der Waals surface area contributed by atoms with Gasteiger partial charge in [-0.25, -0.2) is 0 Å². The van der Waals surface area contributed by atoms with Gasteiger partial charge >= 0.3 is 0 Å². The third-order valence-electron chi connectivity index (χ3n) is 9.85. The minimum atomic E-state index is -3.31. The second-order valence-corrected chi connectivity index (χ2v) is 16.1. The molecular weight excluding hydrogens is 630 g/mol. The Morgan fingerprint density at radius 1 is 0.521 bits per heavy atom. The minimum Gasteiger partial charge on any atom is -0.456 e. The van der Waals surface area contributed by atoms with E-state index in [9.17, 15) is 0 Å². The molecule has 0 radical (unpaired) electrons. The van der Waals surface area contributed by atoms with Gasteiger partial charge in [-0.15, -0.1) is 11.3 Å². The van der Waals surface area contributed by atoms with E-state index in [0.29, 0.717) is 33.6 Å². The van der Waals surface area contributed by atoms with Crippen LogP contribution in [0, 0.1) is 0 Å². The summed E-state index contributed by atoms with van der Waals surface area (Å²) < 4.78 is 33.6. The van der Waals surface area contributed by atoms with E-state index in [1.54, 1.807) is 11.3 Å². The van der Waals surface area contributed by atoms with E-state index in [1.165, 1.54) is 31.9 Å². The van der Waals surface area contributed by atoms with Gasteiger partial charge in [-0.3, -0.25) is 0 Å². The molecule has 0 aliphatic carbocycles. The molecule has 4 heterocycles. The molecule has 2 aliphatic rings. The van der Waals surface area contributed by atoms with Crippen molar-refractivity contribution >= 4 is 76.4 Å². The van der Waals surface area contributed by atoms with Crippen molar-refractivity contribution in [2.45, 2.75) is 0 Å². The summed E-state index contributed by atoms with van der Waals surface area (Å²) >= 11 is 1.69. The van der Waals surface area contributed by atoms with Gasteiger partial charge in [-0.05, 0) is 71.8 Å². The van der Waals surface area contributed by atoms with Crippen LogP contribution in [0.15, 0.2) is 146 Å².